The first-order valence-corrected chi connectivity index (χ1v) is 5.46. The highest BCUT2D eigenvalue weighted by molar-refractivity contribution is 9.10. The zero-order valence-corrected chi connectivity index (χ0v) is 9.91. The van der Waals surface area contributed by atoms with E-state index in [9.17, 15) is 0 Å². The molecule has 0 radical (unpaired) electrons. The van der Waals surface area contributed by atoms with Gasteiger partial charge in [-0.2, -0.15) is 0 Å². The van der Waals surface area contributed by atoms with Gasteiger partial charge in [0.2, 0.25) is 0 Å². The molecule has 1 aliphatic rings. The second-order valence-corrected chi connectivity index (χ2v) is 4.48. The number of rotatable bonds is 3. The van der Waals surface area contributed by atoms with Crippen molar-refractivity contribution in [3.63, 3.8) is 0 Å². The molecule has 0 bridgehead atoms. The van der Waals surface area contributed by atoms with Crippen LogP contribution in [0.1, 0.15) is 12.8 Å². The van der Waals surface area contributed by atoms with Gasteiger partial charge in [0.15, 0.2) is 11.6 Å². The maximum atomic E-state index is 5.75. The molecule has 1 fully saturated rings. The van der Waals surface area contributed by atoms with Crippen molar-refractivity contribution in [2.24, 2.45) is 0 Å². The lowest BCUT2D eigenvalue weighted by atomic mass is 10.4. The van der Waals surface area contributed by atoms with Crippen molar-refractivity contribution >= 4 is 21.7 Å². The molecule has 14 heavy (non-hydrogen) atoms. The van der Waals surface area contributed by atoms with E-state index in [2.05, 4.69) is 20.9 Å². The summed E-state index contributed by atoms with van der Waals surface area (Å²) < 4.78 is 6.59. The van der Waals surface area contributed by atoms with Crippen LogP contribution in [0.2, 0.25) is 0 Å². The Kier molecular flexibility index (Phi) is 2.63. The van der Waals surface area contributed by atoms with E-state index in [1.54, 1.807) is 0 Å². The van der Waals surface area contributed by atoms with E-state index in [0.717, 1.165) is 16.2 Å². The number of aromatic nitrogens is 1. The number of anilines is 1. The first-order chi connectivity index (χ1) is 6.66. The molecule has 3 nitrogen and oxygen atoms in total. The highest BCUT2D eigenvalue weighted by atomic mass is 79.9. The minimum Gasteiger partial charge on any atom is -0.487 e. The maximum absolute atomic E-state index is 5.75. The van der Waals surface area contributed by atoms with Crippen molar-refractivity contribution in [2.45, 2.75) is 18.9 Å². The predicted octanol–water partition coefficient (Wildman–Crippen LogP) is 2.45. The summed E-state index contributed by atoms with van der Waals surface area (Å²) in [4.78, 5) is 6.33. The van der Waals surface area contributed by atoms with Crippen LogP contribution in [0.5, 0.6) is 5.75 Å². The Balaban J connectivity index is 2.26. The Bertz CT molecular complexity index is 337. The molecule has 1 heterocycles. The first kappa shape index (κ1) is 9.77. The lowest BCUT2D eigenvalue weighted by Crippen LogP contribution is -2.13. The molecule has 0 aliphatic heterocycles. The van der Waals surface area contributed by atoms with E-state index < -0.39 is 0 Å². The van der Waals surface area contributed by atoms with Gasteiger partial charge >= 0.3 is 0 Å². The molecule has 1 saturated carbocycles. The third-order valence-corrected chi connectivity index (χ3v) is 2.49. The molecule has 1 aliphatic carbocycles. The van der Waals surface area contributed by atoms with E-state index in [0.29, 0.717) is 6.10 Å². The van der Waals surface area contributed by atoms with Crippen LogP contribution in [0.25, 0.3) is 0 Å². The summed E-state index contributed by atoms with van der Waals surface area (Å²) in [6.07, 6.45) is 2.75. The Morgan fingerprint density at radius 1 is 1.43 bits per heavy atom. The Hall–Kier alpha value is -0.770. The van der Waals surface area contributed by atoms with Gasteiger partial charge in [0.05, 0.1) is 6.10 Å². The topological polar surface area (TPSA) is 25.4 Å². The molecule has 4 heteroatoms. The average Bonchev–Trinajstić information content (AvgIpc) is 2.91. The molecular weight excluding hydrogens is 244 g/mol. The minimum absolute atomic E-state index is 0.414. The minimum atomic E-state index is 0.414. The smallest absolute Gasteiger partial charge is 0.171 e. The standard InChI is InChI=1S/C10H13BrN2O/c1-13(2)10-8(14-7-3-4-7)5-6-9(11)12-10/h5-7H,3-4H2,1-2H3. The van der Waals surface area contributed by atoms with Crippen LogP contribution in [-0.4, -0.2) is 25.2 Å². The second-order valence-electron chi connectivity index (χ2n) is 3.67. The van der Waals surface area contributed by atoms with Crippen LogP contribution >= 0.6 is 15.9 Å². The quantitative estimate of drug-likeness (QED) is 0.778. The number of nitrogens with zero attached hydrogens (tertiary/aromatic N) is 2. The van der Waals surface area contributed by atoms with E-state index in [1.165, 1.54) is 12.8 Å². The number of ether oxygens (including phenoxy) is 1. The van der Waals surface area contributed by atoms with Crippen LogP contribution in [0, 0.1) is 0 Å². The summed E-state index contributed by atoms with van der Waals surface area (Å²) in [6, 6.07) is 3.87. The maximum Gasteiger partial charge on any atom is 0.171 e. The summed E-state index contributed by atoms with van der Waals surface area (Å²) in [7, 11) is 3.93. The summed E-state index contributed by atoms with van der Waals surface area (Å²) in [6.45, 7) is 0. The Labute approximate surface area is 92.2 Å². The predicted molar refractivity (Wildman–Crippen MR) is 59.9 cm³/mol. The first-order valence-electron chi connectivity index (χ1n) is 4.67. The lowest BCUT2D eigenvalue weighted by Gasteiger charge is -2.16. The molecule has 2 rings (SSSR count). The van der Waals surface area contributed by atoms with Gasteiger partial charge in [-0.15, -0.1) is 0 Å². The van der Waals surface area contributed by atoms with Crippen molar-refractivity contribution < 1.29 is 4.74 Å². The molecule has 0 atom stereocenters. The van der Waals surface area contributed by atoms with Gasteiger partial charge in [0, 0.05) is 14.1 Å². The summed E-state index contributed by atoms with van der Waals surface area (Å²) in [5.74, 6) is 1.76. The monoisotopic (exact) mass is 256 g/mol. The number of pyridine rings is 1. The van der Waals surface area contributed by atoms with E-state index in [-0.39, 0.29) is 0 Å². The molecular formula is C10H13BrN2O. The summed E-state index contributed by atoms with van der Waals surface area (Å²) in [5, 5.41) is 0. The zero-order chi connectivity index (χ0) is 10.1. The number of hydrogen-bond acceptors (Lipinski definition) is 3. The van der Waals surface area contributed by atoms with Crippen LogP contribution < -0.4 is 9.64 Å². The Morgan fingerprint density at radius 2 is 2.14 bits per heavy atom. The zero-order valence-electron chi connectivity index (χ0n) is 8.33. The van der Waals surface area contributed by atoms with Crippen molar-refractivity contribution in [2.75, 3.05) is 19.0 Å². The van der Waals surface area contributed by atoms with Crippen molar-refractivity contribution in [3.05, 3.63) is 16.7 Å². The van der Waals surface area contributed by atoms with Crippen LogP contribution in [-0.2, 0) is 0 Å². The SMILES string of the molecule is CN(C)c1nc(Br)ccc1OC1CC1. The van der Waals surface area contributed by atoms with Crippen LogP contribution in [0.15, 0.2) is 16.7 Å². The molecule has 1 aromatic heterocycles. The van der Waals surface area contributed by atoms with Gasteiger partial charge in [-0.3, -0.25) is 0 Å². The van der Waals surface area contributed by atoms with Gasteiger partial charge < -0.3 is 9.64 Å². The average molecular weight is 257 g/mol. The molecule has 0 aromatic carbocycles. The van der Waals surface area contributed by atoms with E-state index in [4.69, 9.17) is 4.74 Å². The van der Waals surface area contributed by atoms with Gasteiger partial charge in [0.25, 0.3) is 0 Å². The fraction of sp³-hybridized carbons (Fsp3) is 0.500. The molecule has 1 aromatic rings. The van der Waals surface area contributed by atoms with E-state index in [1.807, 2.05) is 31.1 Å². The highest BCUT2D eigenvalue weighted by Crippen LogP contribution is 2.32. The second kappa shape index (κ2) is 3.77. The summed E-state index contributed by atoms with van der Waals surface area (Å²) >= 11 is 3.35. The van der Waals surface area contributed by atoms with Crippen molar-refractivity contribution in [1.29, 1.82) is 0 Å². The molecule has 0 amide bonds. The molecule has 76 valence electrons. The van der Waals surface area contributed by atoms with Gasteiger partial charge in [-0.05, 0) is 40.9 Å². The van der Waals surface area contributed by atoms with Crippen LogP contribution in [0.3, 0.4) is 0 Å². The van der Waals surface area contributed by atoms with Gasteiger partial charge in [0.1, 0.15) is 4.60 Å². The third kappa shape index (κ3) is 2.18. The molecule has 0 N–H and O–H groups in total. The van der Waals surface area contributed by atoms with Gasteiger partial charge in [-0.1, -0.05) is 0 Å². The van der Waals surface area contributed by atoms with E-state index >= 15 is 0 Å². The van der Waals surface area contributed by atoms with Gasteiger partial charge in [-0.25, -0.2) is 4.98 Å². The fourth-order valence-corrected chi connectivity index (χ4v) is 1.49. The largest absolute Gasteiger partial charge is 0.487 e. The Morgan fingerprint density at radius 3 is 2.71 bits per heavy atom. The third-order valence-electron chi connectivity index (χ3n) is 2.05. The van der Waals surface area contributed by atoms with Crippen molar-refractivity contribution in [3.8, 4) is 5.75 Å². The number of halogens is 1. The molecule has 0 spiro atoms. The number of hydrogen-bond donors (Lipinski definition) is 0. The fourth-order valence-electron chi connectivity index (χ4n) is 1.19. The van der Waals surface area contributed by atoms with Crippen molar-refractivity contribution in [1.82, 2.24) is 4.98 Å². The normalized spacial score (nSPS) is 15.4. The lowest BCUT2D eigenvalue weighted by molar-refractivity contribution is 0.303. The van der Waals surface area contributed by atoms with Crippen LogP contribution in [0.4, 0.5) is 5.82 Å². The molecule has 0 unspecified atom stereocenters. The molecule has 0 saturated heterocycles. The highest BCUT2D eigenvalue weighted by Gasteiger charge is 2.25. The summed E-state index contributed by atoms with van der Waals surface area (Å²) in [5.41, 5.74) is 0.